The summed E-state index contributed by atoms with van der Waals surface area (Å²) >= 11 is 0. The van der Waals surface area contributed by atoms with Crippen LogP contribution in [0.15, 0.2) is 43.0 Å². The molecule has 1 aromatic carbocycles. The van der Waals surface area contributed by atoms with E-state index in [1.165, 1.54) is 6.33 Å². The zero-order valence-corrected chi connectivity index (χ0v) is 11.1. The number of carbonyl (C=O) groups excluding carboxylic acids is 1. The van der Waals surface area contributed by atoms with Gasteiger partial charge in [0.05, 0.1) is 19.2 Å². The van der Waals surface area contributed by atoms with Crippen LogP contribution in [-0.4, -0.2) is 38.4 Å². The summed E-state index contributed by atoms with van der Waals surface area (Å²) in [7, 11) is 0. The Morgan fingerprint density at radius 3 is 2.80 bits per heavy atom. The van der Waals surface area contributed by atoms with Crippen molar-refractivity contribution >= 4 is 5.91 Å². The molecular formula is C14H18N4O2. The van der Waals surface area contributed by atoms with Gasteiger partial charge in [-0.3, -0.25) is 9.48 Å². The molecule has 0 bridgehead atoms. The third-order valence-corrected chi connectivity index (χ3v) is 2.94. The van der Waals surface area contributed by atoms with E-state index in [0.29, 0.717) is 19.4 Å². The molecule has 0 fully saturated rings. The normalized spacial score (nSPS) is 12.1. The fraction of sp³-hybridized carbons (Fsp3) is 0.357. The van der Waals surface area contributed by atoms with E-state index in [2.05, 4.69) is 15.4 Å². The van der Waals surface area contributed by atoms with Crippen molar-refractivity contribution in [1.29, 1.82) is 0 Å². The Balaban J connectivity index is 1.79. The Bertz CT molecular complexity index is 513. The lowest BCUT2D eigenvalue weighted by Gasteiger charge is -2.16. The molecule has 2 aromatic rings. The molecule has 0 saturated carbocycles. The molecule has 1 aromatic heterocycles. The highest BCUT2D eigenvalue weighted by Gasteiger charge is 2.12. The highest BCUT2D eigenvalue weighted by atomic mass is 16.3. The molecule has 0 spiro atoms. The summed E-state index contributed by atoms with van der Waals surface area (Å²) in [5.74, 6) is -0.101. The van der Waals surface area contributed by atoms with Gasteiger partial charge in [0, 0.05) is 6.42 Å². The van der Waals surface area contributed by atoms with Gasteiger partial charge in [0.15, 0.2) is 0 Å². The molecule has 106 valence electrons. The number of benzene rings is 1. The number of carbonyl (C=O) groups is 1. The molecule has 0 saturated heterocycles. The maximum atomic E-state index is 11.8. The summed E-state index contributed by atoms with van der Waals surface area (Å²) in [5, 5.41) is 16.1. The zero-order chi connectivity index (χ0) is 14.2. The summed E-state index contributed by atoms with van der Waals surface area (Å²) in [4.78, 5) is 15.6. The van der Waals surface area contributed by atoms with Crippen molar-refractivity contribution < 1.29 is 9.90 Å². The molecule has 1 heterocycles. The number of hydrogen-bond acceptors (Lipinski definition) is 4. The molecule has 2 N–H and O–H groups in total. The highest BCUT2D eigenvalue weighted by molar-refractivity contribution is 5.76. The van der Waals surface area contributed by atoms with Gasteiger partial charge in [-0.25, -0.2) is 4.98 Å². The van der Waals surface area contributed by atoms with Gasteiger partial charge in [0.1, 0.15) is 12.7 Å². The number of aliphatic hydroxyl groups is 1. The summed E-state index contributed by atoms with van der Waals surface area (Å²) in [6.07, 6.45) is 3.94. The maximum absolute atomic E-state index is 11.8. The van der Waals surface area contributed by atoms with Crippen LogP contribution in [0.2, 0.25) is 0 Å². The SMILES string of the molecule is O=C(CCn1cncn1)N[C@H](CO)Cc1ccccc1. The first-order valence-electron chi connectivity index (χ1n) is 6.54. The van der Waals surface area contributed by atoms with Crippen molar-refractivity contribution in [2.75, 3.05) is 6.61 Å². The van der Waals surface area contributed by atoms with Crippen molar-refractivity contribution in [2.45, 2.75) is 25.4 Å². The average Bonchev–Trinajstić information content (AvgIpc) is 2.99. The molecule has 0 aliphatic heterocycles. The molecule has 0 radical (unpaired) electrons. The summed E-state index contributed by atoms with van der Waals surface area (Å²) in [6.45, 7) is 0.402. The van der Waals surface area contributed by atoms with Gasteiger partial charge in [-0.2, -0.15) is 5.10 Å². The Morgan fingerprint density at radius 1 is 1.35 bits per heavy atom. The van der Waals surface area contributed by atoms with Crippen molar-refractivity contribution in [2.24, 2.45) is 0 Å². The Hall–Kier alpha value is -2.21. The smallest absolute Gasteiger partial charge is 0.222 e. The van der Waals surface area contributed by atoms with Gasteiger partial charge < -0.3 is 10.4 Å². The number of rotatable bonds is 7. The quantitative estimate of drug-likeness (QED) is 0.765. The molecule has 1 amide bonds. The number of aromatic nitrogens is 3. The molecule has 6 nitrogen and oxygen atoms in total. The van der Waals surface area contributed by atoms with E-state index in [4.69, 9.17) is 0 Å². The second-order valence-electron chi connectivity index (χ2n) is 4.55. The second kappa shape index (κ2) is 7.40. The summed E-state index contributed by atoms with van der Waals surface area (Å²) < 4.78 is 1.60. The van der Waals surface area contributed by atoms with Crippen LogP contribution in [0.3, 0.4) is 0 Å². The molecule has 1 atom stereocenters. The zero-order valence-electron chi connectivity index (χ0n) is 11.1. The number of aliphatic hydroxyl groups excluding tert-OH is 1. The summed E-state index contributed by atoms with van der Waals surface area (Å²) in [5.41, 5.74) is 1.09. The molecule has 6 heteroatoms. The minimum atomic E-state index is -0.263. The lowest BCUT2D eigenvalue weighted by molar-refractivity contribution is -0.122. The lowest BCUT2D eigenvalue weighted by Crippen LogP contribution is -2.39. The first-order valence-corrected chi connectivity index (χ1v) is 6.54. The van der Waals surface area contributed by atoms with Crippen LogP contribution in [0.4, 0.5) is 0 Å². The lowest BCUT2D eigenvalue weighted by atomic mass is 10.1. The standard InChI is InChI=1S/C14H18N4O2/c19-9-13(8-12-4-2-1-3-5-12)17-14(20)6-7-18-11-15-10-16-18/h1-5,10-11,13,19H,6-9H2,(H,17,20)/t13-/m0/s1. The Labute approximate surface area is 117 Å². The Kier molecular flexibility index (Phi) is 5.25. The van der Waals surface area contributed by atoms with Gasteiger partial charge in [-0.05, 0) is 12.0 Å². The van der Waals surface area contributed by atoms with Crippen molar-refractivity contribution in [1.82, 2.24) is 20.1 Å². The number of amides is 1. The molecule has 0 aliphatic carbocycles. The number of nitrogens with zero attached hydrogens (tertiary/aromatic N) is 3. The minimum Gasteiger partial charge on any atom is -0.394 e. The second-order valence-corrected chi connectivity index (χ2v) is 4.55. The van der Waals surface area contributed by atoms with E-state index < -0.39 is 0 Å². The summed E-state index contributed by atoms with van der Waals surface area (Å²) in [6, 6.07) is 9.51. The fourth-order valence-electron chi connectivity index (χ4n) is 1.92. The maximum Gasteiger partial charge on any atom is 0.222 e. The number of nitrogens with one attached hydrogen (secondary N) is 1. The number of aryl methyl sites for hydroxylation is 1. The fourth-order valence-corrected chi connectivity index (χ4v) is 1.92. The van der Waals surface area contributed by atoms with E-state index in [9.17, 15) is 9.90 Å². The van der Waals surface area contributed by atoms with E-state index >= 15 is 0 Å². The Morgan fingerprint density at radius 2 is 2.15 bits per heavy atom. The molecule has 0 aliphatic rings. The first kappa shape index (κ1) is 14.2. The monoisotopic (exact) mass is 274 g/mol. The number of hydrogen-bond donors (Lipinski definition) is 2. The molecule has 0 unspecified atom stereocenters. The van der Waals surface area contributed by atoms with Crippen molar-refractivity contribution in [3.63, 3.8) is 0 Å². The average molecular weight is 274 g/mol. The van der Waals surface area contributed by atoms with Gasteiger partial charge in [0.2, 0.25) is 5.91 Å². The molecule has 2 rings (SSSR count). The van der Waals surface area contributed by atoms with Gasteiger partial charge >= 0.3 is 0 Å². The van der Waals surface area contributed by atoms with Crippen LogP contribution >= 0.6 is 0 Å². The highest BCUT2D eigenvalue weighted by Crippen LogP contribution is 2.03. The van der Waals surface area contributed by atoms with Crippen LogP contribution in [0.1, 0.15) is 12.0 Å². The van der Waals surface area contributed by atoms with Crippen LogP contribution < -0.4 is 5.32 Å². The van der Waals surface area contributed by atoms with Gasteiger partial charge in [0.25, 0.3) is 0 Å². The molecular weight excluding hydrogens is 256 g/mol. The molecule has 20 heavy (non-hydrogen) atoms. The van der Waals surface area contributed by atoms with Crippen LogP contribution in [0.5, 0.6) is 0 Å². The third kappa shape index (κ3) is 4.47. The van der Waals surface area contributed by atoms with Crippen LogP contribution in [0, 0.1) is 0 Å². The van der Waals surface area contributed by atoms with E-state index in [-0.39, 0.29) is 18.6 Å². The van der Waals surface area contributed by atoms with E-state index in [1.807, 2.05) is 30.3 Å². The topological polar surface area (TPSA) is 80.0 Å². The van der Waals surface area contributed by atoms with Crippen molar-refractivity contribution in [3.8, 4) is 0 Å². The first-order chi connectivity index (χ1) is 9.78. The van der Waals surface area contributed by atoms with Crippen molar-refractivity contribution in [3.05, 3.63) is 48.5 Å². The predicted molar refractivity (Wildman–Crippen MR) is 73.8 cm³/mol. The third-order valence-electron chi connectivity index (χ3n) is 2.94. The minimum absolute atomic E-state index is 0.0794. The van der Waals surface area contributed by atoms with Gasteiger partial charge in [-0.15, -0.1) is 0 Å². The van der Waals surface area contributed by atoms with E-state index in [1.54, 1.807) is 11.0 Å². The van der Waals surface area contributed by atoms with Gasteiger partial charge in [-0.1, -0.05) is 30.3 Å². The predicted octanol–water partition coefficient (Wildman–Crippen LogP) is 0.388. The largest absolute Gasteiger partial charge is 0.394 e. The van der Waals surface area contributed by atoms with E-state index in [0.717, 1.165) is 5.56 Å². The van der Waals surface area contributed by atoms with Crippen LogP contribution in [0.25, 0.3) is 0 Å². The van der Waals surface area contributed by atoms with Crippen LogP contribution in [-0.2, 0) is 17.8 Å².